The summed E-state index contributed by atoms with van der Waals surface area (Å²) in [5.41, 5.74) is 0.407. The van der Waals surface area contributed by atoms with Crippen molar-refractivity contribution < 1.29 is 17.6 Å². The predicted octanol–water partition coefficient (Wildman–Crippen LogP) is 1.50. The van der Waals surface area contributed by atoms with Crippen LogP contribution in [-0.4, -0.2) is 38.1 Å². The Balaban J connectivity index is 2.60. The molecule has 0 heterocycles. The van der Waals surface area contributed by atoms with Crippen LogP contribution in [0.15, 0.2) is 24.3 Å². The topological polar surface area (TPSA) is 66.5 Å². The number of hydrogen-bond donors (Lipinski definition) is 1. The van der Waals surface area contributed by atoms with E-state index in [4.69, 9.17) is 0 Å². The van der Waals surface area contributed by atoms with Crippen LogP contribution in [0.1, 0.15) is 25.8 Å². The number of amides is 1. The van der Waals surface area contributed by atoms with E-state index in [9.17, 15) is 17.6 Å². The molecular weight excluding hydrogens is 295 g/mol. The molecule has 1 amide bonds. The molecular formula is C14H21FN2O3S. The van der Waals surface area contributed by atoms with Gasteiger partial charge in [-0.05, 0) is 12.5 Å². The molecule has 0 saturated heterocycles. The van der Waals surface area contributed by atoms with Crippen molar-refractivity contribution in [2.45, 2.75) is 26.8 Å². The smallest absolute Gasteiger partial charge is 0.219 e. The molecule has 1 aromatic carbocycles. The SMILES string of the molecule is CCCS(=O)(=O)NCCN(Cc1ccccc1F)C(C)=O. The maximum Gasteiger partial charge on any atom is 0.219 e. The van der Waals surface area contributed by atoms with E-state index in [1.54, 1.807) is 25.1 Å². The lowest BCUT2D eigenvalue weighted by Crippen LogP contribution is -2.37. The van der Waals surface area contributed by atoms with Gasteiger partial charge >= 0.3 is 0 Å². The average molecular weight is 316 g/mol. The molecule has 0 aliphatic carbocycles. The molecule has 0 saturated carbocycles. The molecule has 0 aromatic heterocycles. The van der Waals surface area contributed by atoms with Gasteiger partial charge in [0.1, 0.15) is 5.82 Å². The molecule has 0 atom stereocenters. The van der Waals surface area contributed by atoms with Crippen molar-refractivity contribution in [3.63, 3.8) is 0 Å². The molecule has 0 spiro atoms. The third-order valence-corrected chi connectivity index (χ3v) is 4.53. The van der Waals surface area contributed by atoms with Crippen LogP contribution in [-0.2, 0) is 21.4 Å². The van der Waals surface area contributed by atoms with Crippen LogP contribution in [0.3, 0.4) is 0 Å². The first kappa shape index (κ1) is 17.6. The minimum Gasteiger partial charge on any atom is -0.337 e. The minimum absolute atomic E-state index is 0.0559. The Morgan fingerprint density at radius 3 is 2.57 bits per heavy atom. The Morgan fingerprint density at radius 1 is 1.33 bits per heavy atom. The van der Waals surface area contributed by atoms with E-state index >= 15 is 0 Å². The highest BCUT2D eigenvalue weighted by Gasteiger charge is 2.13. The van der Waals surface area contributed by atoms with Crippen molar-refractivity contribution in [2.75, 3.05) is 18.8 Å². The quantitative estimate of drug-likeness (QED) is 0.790. The van der Waals surface area contributed by atoms with Crippen LogP contribution in [0, 0.1) is 5.82 Å². The summed E-state index contributed by atoms with van der Waals surface area (Å²) in [5, 5.41) is 0. The van der Waals surface area contributed by atoms with Crippen molar-refractivity contribution in [3.8, 4) is 0 Å². The Kier molecular flexibility index (Phi) is 6.77. The Morgan fingerprint density at radius 2 is 2.00 bits per heavy atom. The predicted molar refractivity (Wildman–Crippen MR) is 79.6 cm³/mol. The number of rotatable bonds is 8. The summed E-state index contributed by atoms with van der Waals surface area (Å²) in [6, 6.07) is 6.21. The van der Waals surface area contributed by atoms with Crippen molar-refractivity contribution in [3.05, 3.63) is 35.6 Å². The van der Waals surface area contributed by atoms with Crippen molar-refractivity contribution >= 4 is 15.9 Å². The normalized spacial score (nSPS) is 11.4. The van der Waals surface area contributed by atoms with E-state index in [2.05, 4.69) is 4.72 Å². The Bertz CT molecular complexity index is 575. The fourth-order valence-corrected chi connectivity index (χ4v) is 2.94. The number of carbonyl (C=O) groups excluding carboxylic acids is 1. The fraction of sp³-hybridized carbons (Fsp3) is 0.500. The lowest BCUT2D eigenvalue weighted by atomic mass is 10.2. The average Bonchev–Trinajstić information content (AvgIpc) is 2.39. The maximum absolute atomic E-state index is 13.6. The molecule has 0 unspecified atom stereocenters. The zero-order chi connectivity index (χ0) is 15.9. The second kappa shape index (κ2) is 8.09. The van der Waals surface area contributed by atoms with Crippen LogP contribution in [0.5, 0.6) is 0 Å². The van der Waals surface area contributed by atoms with Gasteiger partial charge in [0.15, 0.2) is 0 Å². The molecule has 5 nitrogen and oxygen atoms in total. The molecule has 1 aromatic rings. The number of hydrogen-bond acceptors (Lipinski definition) is 3. The number of sulfonamides is 1. The molecule has 0 fully saturated rings. The van der Waals surface area contributed by atoms with Gasteiger partial charge < -0.3 is 4.90 Å². The highest BCUT2D eigenvalue weighted by Crippen LogP contribution is 2.09. The molecule has 1 N–H and O–H groups in total. The summed E-state index contributed by atoms with van der Waals surface area (Å²) < 4.78 is 39.0. The second-order valence-corrected chi connectivity index (χ2v) is 6.67. The molecule has 0 aliphatic rings. The Labute approximate surface area is 125 Å². The van der Waals surface area contributed by atoms with Gasteiger partial charge in [0.25, 0.3) is 0 Å². The summed E-state index contributed by atoms with van der Waals surface area (Å²) in [6.07, 6.45) is 0.529. The van der Waals surface area contributed by atoms with Crippen LogP contribution < -0.4 is 4.72 Å². The van der Waals surface area contributed by atoms with Gasteiger partial charge in [-0.15, -0.1) is 0 Å². The standard InChI is InChI=1S/C14H21FN2O3S/c1-3-10-21(19,20)16-8-9-17(12(2)18)11-13-6-4-5-7-14(13)15/h4-7,16H,3,8-11H2,1-2H3. The second-order valence-electron chi connectivity index (χ2n) is 4.75. The number of carbonyl (C=O) groups is 1. The summed E-state index contributed by atoms with van der Waals surface area (Å²) in [7, 11) is -3.30. The number of nitrogens with zero attached hydrogens (tertiary/aromatic N) is 1. The monoisotopic (exact) mass is 316 g/mol. The van der Waals surface area contributed by atoms with E-state index in [0.29, 0.717) is 12.0 Å². The lowest BCUT2D eigenvalue weighted by molar-refractivity contribution is -0.129. The summed E-state index contributed by atoms with van der Waals surface area (Å²) in [4.78, 5) is 13.0. The summed E-state index contributed by atoms with van der Waals surface area (Å²) in [5.74, 6) is -0.552. The highest BCUT2D eigenvalue weighted by molar-refractivity contribution is 7.89. The minimum atomic E-state index is -3.30. The zero-order valence-electron chi connectivity index (χ0n) is 12.3. The van der Waals surface area contributed by atoms with Gasteiger partial charge in [-0.3, -0.25) is 4.79 Å². The van der Waals surface area contributed by atoms with Gasteiger partial charge in [0.2, 0.25) is 15.9 Å². The first-order valence-electron chi connectivity index (χ1n) is 6.82. The van der Waals surface area contributed by atoms with Crippen LogP contribution >= 0.6 is 0 Å². The fourth-order valence-electron chi connectivity index (χ4n) is 1.86. The van der Waals surface area contributed by atoms with Crippen molar-refractivity contribution in [2.24, 2.45) is 0 Å². The summed E-state index contributed by atoms with van der Waals surface area (Å²) >= 11 is 0. The highest BCUT2D eigenvalue weighted by atomic mass is 32.2. The van der Waals surface area contributed by atoms with Crippen LogP contribution in [0.2, 0.25) is 0 Å². The third kappa shape index (κ3) is 6.22. The van der Waals surface area contributed by atoms with Crippen LogP contribution in [0.25, 0.3) is 0 Å². The number of benzene rings is 1. The van der Waals surface area contributed by atoms with Gasteiger partial charge in [0, 0.05) is 32.1 Å². The lowest BCUT2D eigenvalue weighted by Gasteiger charge is -2.21. The van der Waals surface area contributed by atoms with Gasteiger partial charge in [-0.25, -0.2) is 17.5 Å². The number of nitrogens with one attached hydrogen (secondary N) is 1. The van der Waals surface area contributed by atoms with E-state index in [-0.39, 0.29) is 37.1 Å². The molecule has 7 heteroatoms. The molecule has 1 rings (SSSR count). The van der Waals surface area contributed by atoms with Gasteiger partial charge in [-0.1, -0.05) is 25.1 Å². The largest absolute Gasteiger partial charge is 0.337 e. The molecule has 0 bridgehead atoms. The molecule has 0 aliphatic heterocycles. The number of halogens is 1. The molecule has 118 valence electrons. The van der Waals surface area contributed by atoms with Gasteiger partial charge in [0.05, 0.1) is 5.75 Å². The summed E-state index contributed by atoms with van der Waals surface area (Å²) in [6.45, 7) is 3.60. The van der Waals surface area contributed by atoms with Crippen molar-refractivity contribution in [1.29, 1.82) is 0 Å². The zero-order valence-corrected chi connectivity index (χ0v) is 13.1. The molecule has 21 heavy (non-hydrogen) atoms. The third-order valence-electron chi connectivity index (χ3n) is 2.94. The van der Waals surface area contributed by atoms with E-state index < -0.39 is 10.0 Å². The van der Waals surface area contributed by atoms with E-state index in [1.165, 1.54) is 17.9 Å². The first-order valence-corrected chi connectivity index (χ1v) is 8.47. The van der Waals surface area contributed by atoms with Crippen molar-refractivity contribution in [1.82, 2.24) is 9.62 Å². The van der Waals surface area contributed by atoms with E-state index in [1.807, 2.05) is 0 Å². The maximum atomic E-state index is 13.6. The first-order chi connectivity index (χ1) is 9.85. The van der Waals surface area contributed by atoms with Crippen LogP contribution in [0.4, 0.5) is 4.39 Å². The molecule has 0 radical (unpaired) electrons. The van der Waals surface area contributed by atoms with E-state index in [0.717, 1.165) is 0 Å². The van der Waals surface area contributed by atoms with Gasteiger partial charge in [-0.2, -0.15) is 0 Å². The Hall–Kier alpha value is -1.47.